The fourth-order valence-electron chi connectivity index (χ4n) is 3.41. The van der Waals surface area contributed by atoms with Gasteiger partial charge in [-0.1, -0.05) is 41.4 Å². The molecule has 2 heterocycles. The number of nitrogens with zero attached hydrogens (tertiary/aromatic N) is 2. The van der Waals surface area contributed by atoms with E-state index in [4.69, 9.17) is 23.2 Å². The molecule has 0 unspecified atom stereocenters. The van der Waals surface area contributed by atoms with Crippen LogP contribution in [0.3, 0.4) is 0 Å². The lowest BCUT2D eigenvalue weighted by molar-refractivity contribution is -0.137. The van der Waals surface area contributed by atoms with Crippen LogP contribution < -0.4 is 5.32 Å². The van der Waals surface area contributed by atoms with E-state index in [0.29, 0.717) is 32.8 Å². The predicted octanol–water partition coefficient (Wildman–Crippen LogP) is 6.61. The molecule has 0 atom stereocenters. The van der Waals surface area contributed by atoms with Gasteiger partial charge in [0.15, 0.2) is 0 Å². The smallest absolute Gasteiger partial charge is 0.370 e. The molecule has 8 heteroatoms. The van der Waals surface area contributed by atoms with Crippen molar-refractivity contribution in [1.29, 1.82) is 0 Å². The second-order valence-electron chi connectivity index (χ2n) is 6.62. The van der Waals surface area contributed by atoms with Gasteiger partial charge < -0.3 is 5.32 Å². The summed E-state index contributed by atoms with van der Waals surface area (Å²) in [5.41, 5.74) is 1.85. The van der Waals surface area contributed by atoms with Gasteiger partial charge in [-0.15, -0.1) is 0 Å². The first-order valence-electron chi connectivity index (χ1n) is 8.84. The first-order valence-corrected chi connectivity index (χ1v) is 9.59. The number of aromatic nitrogens is 2. The van der Waals surface area contributed by atoms with Crippen molar-refractivity contribution in [2.24, 2.45) is 0 Å². The first kappa shape index (κ1) is 19.2. The lowest BCUT2D eigenvalue weighted by Gasteiger charge is -2.12. The number of alkyl halides is 3. The highest BCUT2D eigenvalue weighted by Crippen LogP contribution is 2.39. The van der Waals surface area contributed by atoms with E-state index in [1.807, 2.05) is 6.07 Å². The summed E-state index contributed by atoms with van der Waals surface area (Å²) in [5.74, 6) is 0.697. The van der Waals surface area contributed by atoms with Crippen LogP contribution in [0.25, 0.3) is 16.9 Å². The fraction of sp³-hybridized carbons (Fsp3) is 0.250. The Kier molecular flexibility index (Phi) is 5.02. The van der Waals surface area contributed by atoms with Crippen LogP contribution in [0.5, 0.6) is 0 Å². The summed E-state index contributed by atoms with van der Waals surface area (Å²) in [4.78, 5) is 0. The van der Waals surface area contributed by atoms with Crippen LogP contribution in [0.1, 0.15) is 24.0 Å². The van der Waals surface area contributed by atoms with E-state index < -0.39 is 11.7 Å². The van der Waals surface area contributed by atoms with E-state index in [-0.39, 0.29) is 0 Å². The van der Waals surface area contributed by atoms with Gasteiger partial charge in [-0.05, 0) is 43.5 Å². The SMILES string of the molecule is FC(F)(F)c1cccc(-n2nc(-c3cccc(Cl)c3Cl)c3c2NCCCC3)c1. The lowest BCUT2D eigenvalue weighted by atomic mass is 10.0. The van der Waals surface area contributed by atoms with Crippen LogP contribution in [0.2, 0.25) is 10.0 Å². The third-order valence-electron chi connectivity index (χ3n) is 4.75. The third-order valence-corrected chi connectivity index (χ3v) is 5.57. The maximum atomic E-state index is 13.2. The Morgan fingerprint density at radius 3 is 2.61 bits per heavy atom. The van der Waals surface area contributed by atoms with E-state index in [0.717, 1.165) is 43.5 Å². The van der Waals surface area contributed by atoms with Gasteiger partial charge in [0, 0.05) is 17.7 Å². The zero-order valence-corrected chi connectivity index (χ0v) is 16.2. The van der Waals surface area contributed by atoms with Crippen LogP contribution in [0, 0.1) is 0 Å². The Balaban J connectivity index is 1.92. The van der Waals surface area contributed by atoms with E-state index in [1.54, 1.807) is 18.2 Å². The number of hydrogen-bond donors (Lipinski definition) is 1. The molecule has 0 bridgehead atoms. The van der Waals surface area contributed by atoms with Crippen LogP contribution in [0.4, 0.5) is 19.0 Å². The van der Waals surface area contributed by atoms with Gasteiger partial charge >= 0.3 is 6.18 Å². The van der Waals surface area contributed by atoms with Gasteiger partial charge in [-0.2, -0.15) is 18.3 Å². The number of anilines is 1. The second kappa shape index (κ2) is 7.33. The molecule has 2 aromatic carbocycles. The molecule has 28 heavy (non-hydrogen) atoms. The predicted molar refractivity (Wildman–Crippen MR) is 105 cm³/mol. The molecule has 0 saturated carbocycles. The van der Waals surface area contributed by atoms with Crippen molar-refractivity contribution >= 4 is 29.0 Å². The Bertz CT molecular complexity index is 1030. The highest BCUT2D eigenvalue weighted by Gasteiger charge is 2.31. The summed E-state index contributed by atoms with van der Waals surface area (Å²) >= 11 is 12.6. The van der Waals surface area contributed by atoms with Gasteiger partial charge in [0.1, 0.15) is 5.82 Å². The lowest BCUT2D eigenvalue weighted by Crippen LogP contribution is -2.09. The minimum absolute atomic E-state index is 0.338. The number of fused-ring (bicyclic) bond motifs is 1. The molecule has 4 rings (SSSR count). The molecule has 0 amide bonds. The Hall–Kier alpha value is -2.18. The van der Waals surface area contributed by atoms with Crippen molar-refractivity contribution in [3.05, 3.63) is 63.6 Å². The largest absolute Gasteiger partial charge is 0.416 e. The quantitative estimate of drug-likeness (QED) is 0.500. The molecule has 0 spiro atoms. The molecule has 0 fully saturated rings. The number of nitrogens with one attached hydrogen (secondary N) is 1. The summed E-state index contributed by atoms with van der Waals surface area (Å²) in [6, 6.07) is 10.4. The van der Waals surface area contributed by atoms with Crippen molar-refractivity contribution in [3.8, 4) is 16.9 Å². The summed E-state index contributed by atoms with van der Waals surface area (Å²) in [5, 5.41) is 8.75. The molecule has 0 aliphatic carbocycles. The molecular weight excluding hydrogens is 410 g/mol. The zero-order chi connectivity index (χ0) is 19.9. The van der Waals surface area contributed by atoms with Crippen LogP contribution in [-0.2, 0) is 12.6 Å². The number of rotatable bonds is 2. The van der Waals surface area contributed by atoms with E-state index in [2.05, 4.69) is 10.4 Å². The van der Waals surface area contributed by atoms with Crippen molar-refractivity contribution in [2.45, 2.75) is 25.4 Å². The van der Waals surface area contributed by atoms with Crippen LogP contribution in [0.15, 0.2) is 42.5 Å². The topological polar surface area (TPSA) is 29.9 Å². The summed E-state index contributed by atoms with van der Waals surface area (Å²) in [6.07, 6.45) is -1.77. The minimum Gasteiger partial charge on any atom is -0.370 e. The molecule has 3 nitrogen and oxygen atoms in total. The van der Waals surface area contributed by atoms with Gasteiger partial charge in [-0.25, -0.2) is 4.68 Å². The van der Waals surface area contributed by atoms with Crippen molar-refractivity contribution in [3.63, 3.8) is 0 Å². The maximum Gasteiger partial charge on any atom is 0.416 e. The van der Waals surface area contributed by atoms with Crippen LogP contribution in [-0.4, -0.2) is 16.3 Å². The number of halogens is 5. The van der Waals surface area contributed by atoms with E-state index in [9.17, 15) is 13.2 Å². The van der Waals surface area contributed by atoms with Crippen LogP contribution >= 0.6 is 23.2 Å². The molecule has 146 valence electrons. The van der Waals surface area contributed by atoms with Gasteiger partial charge in [0.2, 0.25) is 0 Å². The molecule has 1 N–H and O–H groups in total. The maximum absolute atomic E-state index is 13.2. The monoisotopic (exact) mass is 425 g/mol. The van der Waals surface area contributed by atoms with Gasteiger partial charge in [-0.3, -0.25) is 0 Å². The number of benzene rings is 2. The second-order valence-corrected chi connectivity index (χ2v) is 7.41. The summed E-state index contributed by atoms with van der Waals surface area (Å²) in [6.45, 7) is 0.723. The van der Waals surface area contributed by atoms with Crippen molar-refractivity contribution < 1.29 is 13.2 Å². The molecule has 3 aromatic rings. The molecule has 0 radical (unpaired) electrons. The van der Waals surface area contributed by atoms with E-state index in [1.165, 1.54) is 10.7 Å². The molecule has 1 aliphatic rings. The highest BCUT2D eigenvalue weighted by atomic mass is 35.5. The Morgan fingerprint density at radius 1 is 1.04 bits per heavy atom. The minimum atomic E-state index is -4.42. The van der Waals surface area contributed by atoms with Crippen molar-refractivity contribution in [1.82, 2.24) is 9.78 Å². The Labute approximate surface area is 170 Å². The first-order chi connectivity index (χ1) is 13.4. The van der Waals surface area contributed by atoms with Gasteiger partial charge in [0.05, 0.1) is 27.0 Å². The molecular formula is C20H16Cl2F3N3. The molecule has 1 aromatic heterocycles. The zero-order valence-electron chi connectivity index (χ0n) is 14.7. The molecule has 0 saturated heterocycles. The summed E-state index contributed by atoms with van der Waals surface area (Å²) < 4.78 is 41.1. The van der Waals surface area contributed by atoms with E-state index >= 15 is 0 Å². The standard InChI is InChI=1S/C20H16Cl2F3N3/c21-16-9-4-8-14(17(16)22)18-15-7-1-2-10-26-19(15)28(27-18)13-6-3-5-12(11-13)20(23,24)25/h3-6,8-9,11,26H,1-2,7,10H2. The normalized spacial score (nSPS) is 14.3. The fourth-order valence-corrected chi connectivity index (χ4v) is 3.80. The third kappa shape index (κ3) is 3.47. The highest BCUT2D eigenvalue weighted by molar-refractivity contribution is 6.43. The van der Waals surface area contributed by atoms with Crippen molar-refractivity contribution in [2.75, 3.05) is 11.9 Å². The Morgan fingerprint density at radius 2 is 1.82 bits per heavy atom. The average Bonchev–Trinajstić information content (AvgIpc) is 2.84. The number of hydrogen-bond acceptors (Lipinski definition) is 2. The molecule has 1 aliphatic heterocycles. The van der Waals surface area contributed by atoms with Gasteiger partial charge in [0.25, 0.3) is 0 Å². The average molecular weight is 426 g/mol. The summed E-state index contributed by atoms with van der Waals surface area (Å²) in [7, 11) is 0.